The first-order valence-electron chi connectivity index (χ1n) is 12.3. The van der Waals surface area contributed by atoms with Gasteiger partial charge in [0.05, 0.1) is 0 Å². The van der Waals surface area contributed by atoms with Crippen molar-refractivity contribution in [2.45, 2.75) is 52.0 Å². The number of carboxylic acids is 1. The maximum Gasteiger partial charge on any atom is 0.407 e. The molecule has 6 nitrogen and oxygen atoms in total. The van der Waals surface area contributed by atoms with Gasteiger partial charge in [-0.25, -0.2) is 9.59 Å². The van der Waals surface area contributed by atoms with E-state index in [1.165, 1.54) is 12.8 Å². The molecule has 0 bridgehead atoms. The third kappa shape index (κ3) is 5.61. The van der Waals surface area contributed by atoms with Gasteiger partial charge in [-0.2, -0.15) is 0 Å². The van der Waals surface area contributed by atoms with E-state index in [1.54, 1.807) is 0 Å². The van der Waals surface area contributed by atoms with Gasteiger partial charge in [0.2, 0.25) is 0 Å². The van der Waals surface area contributed by atoms with E-state index in [2.05, 4.69) is 55.3 Å². The highest BCUT2D eigenvalue weighted by atomic mass is 16.5. The molecule has 182 valence electrons. The molecule has 2 aromatic rings. The standard InChI is InChI=1S/C28H36N2O4/c1-19-9-8-14-30(16-19)18-28(2,3)15-25(26(31)32)29-27(33)34-17-24-22-12-6-4-10-20(22)21-11-5-7-13-23(21)24/h4-7,10-13,19,24-25H,8-9,14-18H2,1-3H3,(H,29,33)(H,31,32). The summed E-state index contributed by atoms with van der Waals surface area (Å²) >= 11 is 0. The van der Waals surface area contributed by atoms with E-state index in [0.717, 1.165) is 41.9 Å². The van der Waals surface area contributed by atoms with Crippen molar-refractivity contribution in [1.82, 2.24) is 10.2 Å². The van der Waals surface area contributed by atoms with Crippen molar-refractivity contribution in [3.8, 4) is 11.1 Å². The van der Waals surface area contributed by atoms with Crippen molar-refractivity contribution in [3.63, 3.8) is 0 Å². The molecule has 2 unspecified atom stereocenters. The molecule has 0 saturated carbocycles. The predicted molar refractivity (Wildman–Crippen MR) is 133 cm³/mol. The van der Waals surface area contributed by atoms with Crippen molar-refractivity contribution in [1.29, 1.82) is 0 Å². The summed E-state index contributed by atoms with van der Waals surface area (Å²) in [5, 5.41) is 12.4. The zero-order valence-electron chi connectivity index (χ0n) is 20.4. The Bertz CT molecular complexity index is 989. The van der Waals surface area contributed by atoms with E-state index in [4.69, 9.17) is 4.74 Å². The van der Waals surface area contributed by atoms with Crippen molar-refractivity contribution in [2.75, 3.05) is 26.2 Å². The van der Waals surface area contributed by atoms with Gasteiger partial charge in [0.25, 0.3) is 0 Å². The summed E-state index contributed by atoms with van der Waals surface area (Å²) in [5.41, 5.74) is 4.32. The first kappa shape index (κ1) is 24.3. The van der Waals surface area contributed by atoms with Crippen LogP contribution in [0.2, 0.25) is 0 Å². The first-order valence-corrected chi connectivity index (χ1v) is 12.3. The number of ether oxygens (including phenoxy) is 1. The molecule has 34 heavy (non-hydrogen) atoms. The van der Waals surface area contributed by atoms with Crippen LogP contribution >= 0.6 is 0 Å². The molecule has 1 saturated heterocycles. The van der Waals surface area contributed by atoms with Gasteiger partial charge in [-0.15, -0.1) is 0 Å². The second-order valence-corrected chi connectivity index (χ2v) is 10.7. The number of carbonyl (C=O) groups is 2. The largest absolute Gasteiger partial charge is 0.480 e. The molecule has 0 aromatic heterocycles. The van der Waals surface area contributed by atoms with Crippen LogP contribution in [0.25, 0.3) is 11.1 Å². The van der Waals surface area contributed by atoms with Crippen LogP contribution in [0.4, 0.5) is 4.79 Å². The SMILES string of the molecule is CC1CCCN(CC(C)(C)CC(NC(=O)OCC2c3ccccc3-c3ccccc32)C(=O)O)C1. The predicted octanol–water partition coefficient (Wildman–Crippen LogP) is 5.13. The highest BCUT2D eigenvalue weighted by Crippen LogP contribution is 2.44. The van der Waals surface area contributed by atoms with Crippen LogP contribution in [0.5, 0.6) is 0 Å². The molecule has 1 heterocycles. The van der Waals surface area contributed by atoms with Gasteiger partial charge in [0, 0.05) is 19.0 Å². The molecule has 2 aromatic carbocycles. The van der Waals surface area contributed by atoms with Crippen LogP contribution in [0.3, 0.4) is 0 Å². The minimum atomic E-state index is -1.03. The summed E-state index contributed by atoms with van der Waals surface area (Å²) in [7, 11) is 0. The number of nitrogens with zero attached hydrogens (tertiary/aromatic N) is 1. The third-order valence-electron chi connectivity index (χ3n) is 7.08. The number of alkyl carbamates (subject to hydrolysis) is 1. The molecule has 1 amide bonds. The Labute approximate surface area is 202 Å². The lowest BCUT2D eigenvalue weighted by molar-refractivity contribution is -0.140. The summed E-state index contributed by atoms with van der Waals surface area (Å²) in [6.07, 6.45) is 2.09. The van der Waals surface area contributed by atoms with Crippen LogP contribution < -0.4 is 5.32 Å². The molecule has 1 aliphatic carbocycles. The molecule has 2 aliphatic rings. The highest BCUT2D eigenvalue weighted by Gasteiger charge is 2.33. The van der Waals surface area contributed by atoms with E-state index in [0.29, 0.717) is 12.3 Å². The van der Waals surface area contributed by atoms with E-state index >= 15 is 0 Å². The Morgan fingerprint density at radius 3 is 2.32 bits per heavy atom. The van der Waals surface area contributed by atoms with E-state index in [-0.39, 0.29) is 17.9 Å². The van der Waals surface area contributed by atoms with Crippen LogP contribution in [-0.4, -0.2) is 54.4 Å². The lowest BCUT2D eigenvalue weighted by Crippen LogP contribution is -2.47. The van der Waals surface area contributed by atoms with E-state index < -0.39 is 18.1 Å². The second kappa shape index (κ2) is 10.2. The van der Waals surface area contributed by atoms with Gasteiger partial charge in [-0.3, -0.25) is 0 Å². The Morgan fingerprint density at radius 2 is 1.74 bits per heavy atom. The fraction of sp³-hybridized carbons (Fsp3) is 0.500. The minimum Gasteiger partial charge on any atom is -0.480 e. The summed E-state index contributed by atoms with van der Waals surface area (Å²) in [6, 6.07) is 15.3. The van der Waals surface area contributed by atoms with Crippen molar-refractivity contribution in [2.24, 2.45) is 11.3 Å². The smallest absolute Gasteiger partial charge is 0.407 e. The Kier molecular flexibility index (Phi) is 7.27. The quantitative estimate of drug-likeness (QED) is 0.566. The number of likely N-dealkylation sites (tertiary alicyclic amines) is 1. The number of carboxylic acid groups (broad SMARTS) is 1. The lowest BCUT2D eigenvalue weighted by Gasteiger charge is -2.38. The molecule has 0 spiro atoms. The Balaban J connectivity index is 1.36. The monoisotopic (exact) mass is 464 g/mol. The van der Waals surface area contributed by atoms with Crippen molar-refractivity contribution < 1.29 is 19.4 Å². The van der Waals surface area contributed by atoms with Gasteiger partial charge in [0.15, 0.2) is 0 Å². The van der Waals surface area contributed by atoms with Crippen molar-refractivity contribution in [3.05, 3.63) is 59.7 Å². The molecule has 6 heteroatoms. The van der Waals surface area contributed by atoms with Gasteiger partial charge >= 0.3 is 12.1 Å². The van der Waals surface area contributed by atoms with Crippen molar-refractivity contribution >= 4 is 12.1 Å². The van der Waals surface area contributed by atoms with Gasteiger partial charge in [0.1, 0.15) is 12.6 Å². The fourth-order valence-corrected chi connectivity index (χ4v) is 5.64. The maximum absolute atomic E-state index is 12.7. The van der Waals surface area contributed by atoms with Gasteiger partial charge < -0.3 is 20.1 Å². The molecule has 1 fully saturated rings. The minimum absolute atomic E-state index is 0.0565. The zero-order chi connectivity index (χ0) is 24.3. The summed E-state index contributed by atoms with van der Waals surface area (Å²) in [4.78, 5) is 27.0. The molecule has 2 atom stereocenters. The number of benzene rings is 2. The lowest BCUT2D eigenvalue weighted by atomic mass is 9.84. The number of aliphatic carboxylic acids is 1. The van der Waals surface area contributed by atoms with Gasteiger partial charge in [-0.05, 0) is 59.4 Å². The maximum atomic E-state index is 12.7. The molecular formula is C28H36N2O4. The number of amides is 1. The average molecular weight is 465 g/mol. The highest BCUT2D eigenvalue weighted by molar-refractivity contribution is 5.81. The topological polar surface area (TPSA) is 78.9 Å². The number of hydrogen-bond donors (Lipinski definition) is 2. The molecular weight excluding hydrogens is 428 g/mol. The summed E-state index contributed by atoms with van der Waals surface area (Å²) in [5.74, 6) is -0.425. The Morgan fingerprint density at radius 1 is 1.12 bits per heavy atom. The van der Waals surface area contributed by atoms with E-state index in [9.17, 15) is 14.7 Å². The normalized spacial score (nSPS) is 19.2. The molecule has 2 N–H and O–H groups in total. The zero-order valence-corrected chi connectivity index (χ0v) is 20.4. The van der Waals surface area contributed by atoms with Gasteiger partial charge in [-0.1, -0.05) is 69.3 Å². The van der Waals surface area contributed by atoms with E-state index in [1.807, 2.05) is 24.3 Å². The number of hydrogen-bond acceptors (Lipinski definition) is 4. The Hall–Kier alpha value is -2.86. The molecule has 4 rings (SSSR count). The number of piperidine rings is 1. The van der Waals surface area contributed by atoms with Crippen LogP contribution in [-0.2, 0) is 9.53 Å². The second-order valence-electron chi connectivity index (χ2n) is 10.7. The average Bonchev–Trinajstić information content (AvgIpc) is 3.10. The number of rotatable bonds is 8. The first-order chi connectivity index (χ1) is 16.2. The molecule has 1 aliphatic heterocycles. The number of carbonyl (C=O) groups excluding carboxylic acids is 1. The van der Waals surface area contributed by atoms with Crippen LogP contribution in [0.15, 0.2) is 48.5 Å². The summed E-state index contributed by atoms with van der Waals surface area (Å²) < 4.78 is 5.58. The number of fused-ring (bicyclic) bond motifs is 3. The van der Waals surface area contributed by atoms with Crippen LogP contribution in [0.1, 0.15) is 57.1 Å². The number of nitrogens with one attached hydrogen (secondary N) is 1. The van der Waals surface area contributed by atoms with Crippen LogP contribution in [0, 0.1) is 11.3 Å². The summed E-state index contributed by atoms with van der Waals surface area (Å²) in [6.45, 7) is 9.47. The molecule has 0 radical (unpaired) electrons. The third-order valence-corrected chi connectivity index (χ3v) is 7.08. The fourth-order valence-electron chi connectivity index (χ4n) is 5.64.